The van der Waals surface area contributed by atoms with Gasteiger partial charge in [0.05, 0.1) is 0 Å². The summed E-state index contributed by atoms with van der Waals surface area (Å²) >= 11 is 6.48. The Morgan fingerprint density at radius 2 is 1.22 bits per heavy atom. The Bertz CT molecular complexity index is 1560. The van der Waals surface area contributed by atoms with Gasteiger partial charge in [-0.2, -0.15) is 0 Å². The van der Waals surface area contributed by atoms with Crippen LogP contribution in [0.4, 0.5) is 0 Å². The molecular formula is C28H28BBrNO4S. The summed E-state index contributed by atoms with van der Waals surface area (Å²) in [7, 11) is 4.34. The molecule has 1 radical (unpaired) electrons. The fourth-order valence-corrected chi connectivity index (χ4v) is 5.40. The standard InChI is InChI=1S/C14H13BrO2.C14H14O2.BHNS/c1-8-11-6-9-4-2-3-5-10(9)7-12(11)17-14(16)13(8)15;1-9-6-14(15)16-13-8-11-5-3-2-4-10(11)7-12(9)13;1-2-3/h6-7H,2-5H2,1H3;6-8H,2-5H2,1H3;3H. The van der Waals surface area contributed by atoms with E-state index in [2.05, 4.69) is 58.9 Å². The van der Waals surface area contributed by atoms with Crippen molar-refractivity contribution in [1.82, 2.24) is 0 Å². The van der Waals surface area contributed by atoms with Crippen molar-refractivity contribution in [3.05, 3.63) is 89.0 Å². The van der Waals surface area contributed by atoms with Crippen molar-refractivity contribution in [2.75, 3.05) is 0 Å². The van der Waals surface area contributed by atoms with Crippen LogP contribution in [0.25, 0.3) is 21.9 Å². The van der Waals surface area contributed by atoms with Crippen LogP contribution in [-0.4, -0.2) is 7.64 Å². The first-order chi connectivity index (χ1) is 17.3. The molecule has 0 aliphatic heterocycles. The number of hydrogen-bond acceptors (Lipinski definition) is 6. The summed E-state index contributed by atoms with van der Waals surface area (Å²) in [6.07, 6.45) is 9.52. The van der Waals surface area contributed by atoms with Crippen LogP contribution >= 0.6 is 28.7 Å². The predicted molar refractivity (Wildman–Crippen MR) is 153 cm³/mol. The van der Waals surface area contributed by atoms with Crippen molar-refractivity contribution in [3.8, 4) is 0 Å². The molecule has 0 fully saturated rings. The minimum absolute atomic E-state index is 0.249. The molecule has 0 atom stereocenters. The number of aryl methyl sites for hydroxylation is 6. The Balaban J connectivity index is 0.000000153. The van der Waals surface area contributed by atoms with E-state index in [-0.39, 0.29) is 11.3 Å². The summed E-state index contributed by atoms with van der Waals surface area (Å²) < 4.78 is 13.8. The number of nitrogens with zero attached hydrogens (tertiary/aromatic N) is 1. The zero-order valence-corrected chi connectivity index (χ0v) is 23.0. The molecular weight excluding hydrogens is 537 g/mol. The molecule has 2 aliphatic carbocycles. The fraction of sp³-hybridized carbons (Fsp3) is 0.357. The van der Waals surface area contributed by atoms with E-state index in [9.17, 15) is 9.59 Å². The topological polar surface area (TPSA) is 72.8 Å². The van der Waals surface area contributed by atoms with Gasteiger partial charge in [-0.15, -0.1) is 0 Å². The van der Waals surface area contributed by atoms with E-state index in [1.807, 2.05) is 19.9 Å². The quantitative estimate of drug-likeness (QED) is 0.143. The van der Waals surface area contributed by atoms with E-state index in [1.54, 1.807) is 6.07 Å². The van der Waals surface area contributed by atoms with E-state index in [0.717, 1.165) is 58.7 Å². The first-order valence-corrected chi connectivity index (χ1v) is 13.4. The summed E-state index contributed by atoms with van der Waals surface area (Å²) in [5, 5.41) is 2.14. The third-order valence-corrected chi connectivity index (χ3v) is 7.89. The first kappa shape index (κ1) is 26.6. The summed E-state index contributed by atoms with van der Waals surface area (Å²) in [6, 6.07) is 10.1. The van der Waals surface area contributed by atoms with Crippen molar-refractivity contribution in [1.29, 1.82) is 0 Å². The maximum atomic E-state index is 11.6. The van der Waals surface area contributed by atoms with Gasteiger partial charge in [-0.3, -0.25) is 0 Å². The van der Waals surface area contributed by atoms with Crippen molar-refractivity contribution >= 4 is 58.3 Å². The third kappa shape index (κ3) is 5.75. The number of hydrogen-bond donors (Lipinski definition) is 1. The SMILES string of the molecule is Cc1c(Br)c(=O)oc2cc3c(cc12)CCCC3.Cc1cc(=O)oc2cc3c(cc12)CCCC3.[B]=NS. The molecule has 2 heterocycles. The molecule has 0 spiro atoms. The molecule has 0 bridgehead atoms. The van der Waals surface area contributed by atoms with Gasteiger partial charge < -0.3 is 8.83 Å². The van der Waals surface area contributed by atoms with Crippen LogP contribution in [0.2, 0.25) is 0 Å². The molecule has 2 aliphatic rings. The Morgan fingerprint density at radius 3 is 1.75 bits per heavy atom. The molecule has 2 aromatic carbocycles. The fourth-order valence-electron chi connectivity index (χ4n) is 5.10. The van der Waals surface area contributed by atoms with Gasteiger partial charge in [0.2, 0.25) is 0 Å². The van der Waals surface area contributed by atoms with Crippen molar-refractivity contribution in [2.24, 2.45) is 4.30 Å². The van der Waals surface area contributed by atoms with Crippen LogP contribution in [0.1, 0.15) is 59.1 Å². The number of halogens is 1. The molecule has 0 saturated heterocycles. The normalized spacial score (nSPS) is 14.1. The Labute approximate surface area is 225 Å². The molecule has 0 unspecified atom stereocenters. The monoisotopic (exact) mass is 564 g/mol. The Hall–Kier alpha value is -2.45. The maximum absolute atomic E-state index is 11.6. The summed E-state index contributed by atoms with van der Waals surface area (Å²) in [4.78, 5) is 22.9. The summed E-state index contributed by atoms with van der Waals surface area (Å²) in [5.74, 6) is 0. The van der Waals surface area contributed by atoms with E-state index in [0.29, 0.717) is 4.47 Å². The van der Waals surface area contributed by atoms with E-state index < -0.39 is 0 Å². The van der Waals surface area contributed by atoms with Gasteiger partial charge in [0.1, 0.15) is 15.6 Å². The van der Waals surface area contributed by atoms with Gasteiger partial charge in [0, 0.05) is 16.8 Å². The van der Waals surface area contributed by atoms with Crippen LogP contribution in [0.15, 0.2) is 57.5 Å². The Kier molecular flexibility index (Phi) is 8.68. The molecule has 36 heavy (non-hydrogen) atoms. The van der Waals surface area contributed by atoms with E-state index in [1.165, 1.54) is 47.9 Å². The first-order valence-electron chi connectivity index (χ1n) is 12.2. The zero-order valence-electron chi connectivity index (χ0n) is 20.5. The van der Waals surface area contributed by atoms with Gasteiger partial charge in [-0.25, -0.2) is 9.59 Å². The van der Waals surface area contributed by atoms with Crippen molar-refractivity contribution in [3.63, 3.8) is 0 Å². The molecule has 0 amide bonds. The third-order valence-electron chi connectivity index (χ3n) is 6.97. The van der Waals surface area contributed by atoms with Gasteiger partial charge >= 0.3 is 36.0 Å². The molecule has 0 saturated carbocycles. The second-order valence-electron chi connectivity index (χ2n) is 9.34. The van der Waals surface area contributed by atoms with E-state index in [4.69, 9.17) is 8.83 Å². The van der Waals surface area contributed by atoms with Crippen molar-refractivity contribution < 1.29 is 8.83 Å². The zero-order chi connectivity index (χ0) is 25.8. The molecule has 4 aromatic rings. The van der Waals surface area contributed by atoms with Crippen LogP contribution < -0.4 is 11.3 Å². The van der Waals surface area contributed by atoms with Gasteiger partial charge in [0.25, 0.3) is 0 Å². The summed E-state index contributed by atoms with van der Waals surface area (Å²) in [5.41, 5.74) is 8.45. The molecule has 2 aromatic heterocycles. The number of rotatable bonds is 0. The van der Waals surface area contributed by atoms with Gasteiger partial charge in [-0.1, -0.05) is 0 Å². The molecule has 185 valence electrons. The van der Waals surface area contributed by atoms with Crippen molar-refractivity contribution in [2.45, 2.75) is 65.2 Å². The number of fused-ring (bicyclic) bond motifs is 4. The second kappa shape index (κ2) is 11.7. The van der Waals surface area contributed by atoms with Gasteiger partial charge in [0.15, 0.2) is 0 Å². The molecule has 8 heteroatoms. The average molecular weight is 565 g/mol. The van der Waals surface area contributed by atoms with E-state index >= 15 is 0 Å². The predicted octanol–water partition coefficient (Wildman–Crippen LogP) is 6.91. The average Bonchev–Trinajstić information content (AvgIpc) is 2.86. The Morgan fingerprint density at radius 1 is 0.778 bits per heavy atom. The van der Waals surface area contributed by atoms with Crippen LogP contribution in [0.3, 0.4) is 0 Å². The van der Waals surface area contributed by atoms with Crippen LogP contribution in [-0.2, 0) is 25.7 Å². The number of thiol groups is 1. The van der Waals surface area contributed by atoms with Crippen LogP contribution in [0, 0.1) is 13.8 Å². The molecule has 5 nitrogen and oxygen atoms in total. The van der Waals surface area contributed by atoms with Gasteiger partial charge in [-0.05, 0) is 139 Å². The van der Waals surface area contributed by atoms with Crippen LogP contribution in [0.5, 0.6) is 0 Å². The summed E-state index contributed by atoms with van der Waals surface area (Å²) in [6.45, 7) is 3.92. The molecule has 6 rings (SSSR count). The molecule has 0 N–H and O–H groups in total. The minimum atomic E-state index is -0.286. The number of benzene rings is 2. The second-order valence-corrected chi connectivity index (χ2v) is 10.4.